The van der Waals surface area contributed by atoms with Crippen LogP contribution in [0.3, 0.4) is 0 Å². The average molecular weight is 234 g/mol. The van der Waals surface area contributed by atoms with Gasteiger partial charge >= 0.3 is 0 Å². The van der Waals surface area contributed by atoms with Crippen LogP contribution in [-0.2, 0) is 6.61 Å². The number of nitrogens with zero attached hydrogens (tertiary/aromatic N) is 2. The van der Waals surface area contributed by atoms with Gasteiger partial charge in [-0.2, -0.15) is 4.98 Å². The number of aliphatic hydroxyl groups is 1. The van der Waals surface area contributed by atoms with E-state index >= 15 is 0 Å². The number of aryl methyl sites for hydroxylation is 1. The van der Waals surface area contributed by atoms with E-state index in [0.29, 0.717) is 17.5 Å². The van der Waals surface area contributed by atoms with Crippen LogP contribution in [0.4, 0.5) is 0 Å². The fourth-order valence-electron chi connectivity index (χ4n) is 1.41. The first-order valence-corrected chi connectivity index (χ1v) is 5.35. The standard InChI is InChI=1S/C12H14N2O3/c1-8(15)10-4-3-5-11(6-10)16-7-12-13-9(2)14-17-12/h3-6,8,15H,7H2,1-2H3/t8-/m1/s1. The van der Waals surface area contributed by atoms with E-state index in [2.05, 4.69) is 10.1 Å². The zero-order valence-corrected chi connectivity index (χ0v) is 9.75. The van der Waals surface area contributed by atoms with Crippen LogP contribution in [0, 0.1) is 6.92 Å². The van der Waals surface area contributed by atoms with E-state index in [1.807, 2.05) is 18.2 Å². The van der Waals surface area contributed by atoms with Crippen molar-refractivity contribution in [3.05, 3.63) is 41.5 Å². The lowest BCUT2D eigenvalue weighted by Crippen LogP contribution is -1.97. The highest BCUT2D eigenvalue weighted by atomic mass is 16.5. The van der Waals surface area contributed by atoms with Crippen molar-refractivity contribution in [2.45, 2.75) is 26.6 Å². The molecule has 0 saturated carbocycles. The van der Waals surface area contributed by atoms with Gasteiger partial charge in [0.15, 0.2) is 12.4 Å². The first-order valence-electron chi connectivity index (χ1n) is 5.35. The van der Waals surface area contributed by atoms with Gasteiger partial charge in [0.1, 0.15) is 5.75 Å². The fraction of sp³-hybridized carbons (Fsp3) is 0.333. The van der Waals surface area contributed by atoms with Gasteiger partial charge in [-0.25, -0.2) is 0 Å². The molecule has 0 radical (unpaired) electrons. The van der Waals surface area contributed by atoms with E-state index in [0.717, 1.165) is 5.56 Å². The predicted octanol–water partition coefficient (Wildman–Crippen LogP) is 2.01. The van der Waals surface area contributed by atoms with E-state index in [4.69, 9.17) is 9.26 Å². The molecule has 0 bridgehead atoms. The summed E-state index contributed by atoms with van der Waals surface area (Å²) < 4.78 is 10.4. The molecule has 0 fully saturated rings. The van der Waals surface area contributed by atoms with E-state index in [-0.39, 0.29) is 6.61 Å². The summed E-state index contributed by atoms with van der Waals surface area (Å²) in [4.78, 5) is 4.03. The van der Waals surface area contributed by atoms with Crippen molar-refractivity contribution < 1.29 is 14.4 Å². The molecule has 1 atom stereocenters. The molecule has 5 nitrogen and oxygen atoms in total. The largest absolute Gasteiger partial charge is 0.484 e. The third-order valence-corrected chi connectivity index (χ3v) is 2.27. The van der Waals surface area contributed by atoms with Crippen LogP contribution in [0.25, 0.3) is 0 Å². The van der Waals surface area contributed by atoms with Gasteiger partial charge in [0.25, 0.3) is 5.89 Å². The lowest BCUT2D eigenvalue weighted by molar-refractivity contribution is 0.197. The number of aliphatic hydroxyl groups excluding tert-OH is 1. The molecule has 0 saturated heterocycles. The van der Waals surface area contributed by atoms with Gasteiger partial charge in [-0.05, 0) is 31.5 Å². The van der Waals surface area contributed by atoms with Crippen molar-refractivity contribution in [2.75, 3.05) is 0 Å². The number of rotatable bonds is 4. The molecule has 1 aromatic heterocycles. The van der Waals surface area contributed by atoms with Crippen LogP contribution in [0.15, 0.2) is 28.8 Å². The molecule has 2 aromatic rings. The topological polar surface area (TPSA) is 68.4 Å². The normalized spacial score (nSPS) is 12.4. The minimum atomic E-state index is -0.510. The van der Waals surface area contributed by atoms with Gasteiger partial charge < -0.3 is 14.4 Å². The van der Waals surface area contributed by atoms with E-state index in [9.17, 15) is 5.11 Å². The van der Waals surface area contributed by atoms with Gasteiger partial charge in [-0.1, -0.05) is 17.3 Å². The second kappa shape index (κ2) is 4.97. The van der Waals surface area contributed by atoms with Crippen molar-refractivity contribution in [3.8, 4) is 5.75 Å². The molecule has 0 aliphatic rings. The summed E-state index contributed by atoms with van der Waals surface area (Å²) in [6.07, 6.45) is -0.510. The molecule has 0 amide bonds. The zero-order chi connectivity index (χ0) is 12.3. The number of ether oxygens (including phenoxy) is 1. The number of benzene rings is 1. The Morgan fingerprint density at radius 1 is 1.47 bits per heavy atom. The van der Waals surface area contributed by atoms with Crippen LogP contribution in [0.2, 0.25) is 0 Å². The maximum absolute atomic E-state index is 9.44. The molecule has 1 heterocycles. The van der Waals surface area contributed by atoms with Gasteiger partial charge in [0.2, 0.25) is 0 Å². The third kappa shape index (κ3) is 3.04. The smallest absolute Gasteiger partial charge is 0.264 e. The summed E-state index contributed by atoms with van der Waals surface area (Å²) in [5.74, 6) is 1.69. The highest BCUT2D eigenvalue weighted by Gasteiger charge is 2.05. The second-order valence-corrected chi connectivity index (χ2v) is 3.77. The Labute approximate surface area is 99.0 Å². The number of hydrogen-bond donors (Lipinski definition) is 1. The summed E-state index contributed by atoms with van der Waals surface area (Å²) >= 11 is 0. The Morgan fingerprint density at radius 2 is 2.29 bits per heavy atom. The van der Waals surface area contributed by atoms with E-state index in [1.54, 1.807) is 19.9 Å². The van der Waals surface area contributed by atoms with Gasteiger partial charge in [-0.3, -0.25) is 0 Å². The van der Waals surface area contributed by atoms with Gasteiger partial charge in [-0.15, -0.1) is 0 Å². The molecule has 0 unspecified atom stereocenters. The Morgan fingerprint density at radius 3 is 2.94 bits per heavy atom. The molecule has 0 spiro atoms. The maximum atomic E-state index is 9.44. The van der Waals surface area contributed by atoms with Crippen LogP contribution >= 0.6 is 0 Å². The van der Waals surface area contributed by atoms with Gasteiger partial charge in [0.05, 0.1) is 6.10 Å². The maximum Gasteiger partial charge on any atom is 0.264 e. The highest BCUT2D eigenvalue weighted by molar-refractivity contribution is 5.29. The fourth-order valence-corrected chi connectivity index (χ4v) is 1.41. The lowest BCUT2D eigenvalue weighted by atomic mass is 10.1. The monoisotopic (exact) mass is 234 g/mol. The summed E-state index contributed by atoms with van der Waals surface area (Å²) in [6, 6.07) is 7.27. The summed E-state index contributed by atoms with van der Waals surface area (Å²) in [5, 5.41) is 13.1. The zero-order valence-electron chi connectivity index (χ0n) is 9.75. The van der Waals surface area contributed by atoms with Gasteiger partial charge in [0, 0.05) is 0 Å². The lowest BCUT2D eigenvalue weighted by Gasteiger charge is -2.07. The summed E-state index contributed by atoms with van der Waals surface area (Å²) in [7, 11) is 0. The molecule has 2 rings (SSSR count). The Hall–Kier alpha value is -1.88. The van der Waals surface area contributed by atoms with Crippen LogP contribution in [0.1, 0.15) is 30.3 Å². The van der Waals surface area contributed by atoms with Crippen molar-refractivity contribution in [1.82, 2.24) is 10.1 Å². The van der Waals surface area contributed by atoms with Crippen LogP contribution < -0.4 is 4.74 Å². The Kier molecular flexibility index (Phi) is 3.39. The Balaban J connectivity index is 2.01. The third-order valence-electron chi connectivity index (χ3n) is 2.27. The van der Waals surface area contributed by atoms with Crippen molar-refractivity contribution >= 4 is 0 Å². The molecular formula is C12H14N2O3. The molecule has 90 valence electrons. The SMILES string of the molecule is Cc1noc(COc2cccc([C@@H](C)O)c2)n1. The highest BCUT2D eigenvalue weighted by Crippen LogP contribution is 2.19. The van der Waals surface area contributed by atoms with E-state index in [1.165, 1.54) is 0 Å². The molecule has 0 aliphatic carbocycles. The molecule has 0 aliphatic heterocycles. The summed E-state index contributed by atoms with van der Waals surface area (Å²) in [5.41, 5.74) is 0.809. The van der Waals surface area contributed by atoms with Crippen LogP contribution in [0.5, 0.6) is 5.75 Å². The predicted molar refractivity (Wildman–Crippen MR) is 60.4 cm³/mol. The molecule has 1 N–H and O–H groups in total. The summed E-state index contributed by atoms with van der Waals surface area (Å²) in [6.45, 7) is 3.69. The molecule has 1 aromatic carbocycles. The quantitative estimate of drug-likeness (QED) is 0.876. The molecule has 17 heavy (non-hydrogen) atoms. The van der Waals surface area contributed by atoms with Crippen molar-refractivity contribution in [3.63, 3.8) is 0 Å². The van der Waals surface area contributed by atoms with Crippen LogP contribution in [-0.4, -0.2) is 15.2 Å². The second-order valence-electron chi connectivity index (χ2n) is 3.77. The first-order chi connectivity index (χ1) is 8.15. The van der Waals surface area contributed by atoms with Crippen molar-refractivity contribution in [1.29, 1.82) is 0 Å². The van der Waals surface area contributed by atoms with Crippen molar-refractivity contribution in [2.24, 2.45) is 0 Å². The minimum Gasteiger partial charge on any atom is -0.484 e. The minimum absolute atomic E-state index is 0.226. The molecule has 5 heteroatoms. The Bertz CT molecular complexity index is 494. The number of aromatic nitrogens is 2. The van der Waals surface area contributed by atoms with E-state index < -0.39 is 6.10 Å². The average Bonchev–Trinajstić information content (AvgIpc) is 2.73. The number of hydrogen-bond acceptors (Lipinski definition) is 5. The first kappa shape index (κ1) is 11.6. The molecular weight excluding hydrogens is 220 g/mol.